The van der Waals surface area contributed by atoms with E-state index in [9.17, 15) is 4.79 Å². The van der Waals surface area contributed by atoms with Crippen LogP contribution >= 0.6 is 11.6 Å². The molecule has 9 nitrogen and oxygen atoms in total. The lowest BCUT2D eigenvalue weighted by molar-refractivity contribution is 0.122. The highest BCUT2D eigenvalue weighted by Gasteiger charge is 2.28. The lowest BCUT2D eigenvalue weighted by Crippen LogP contribution is -2.44. The molecule has 10 heteroatoms. The van der Waals surface area contributed by atoms with Crippen LogP contribution in [0, 0.1) is 0 Å². The van der Waals surface area contributed by atoms with Crippen LogP contribution in [0.2, 0.25) is 5.28 Å². The number of anilines is 1. The first-order valence-electron chi connectivity index (χ1n) is 9.24. The van der Waals surface area contributed by atoms with Crippen LogP contribution in [0.25, 0.3) is 11.0 Å². The maximum atomic E-state index is 12.1. The summed E-state index contributed by atoms with van der Waals surface area (Å²) in [5, 5.41) is 5.74. The first-order valence-corrected chi connectivity index (χ1v) is 9.62. The third kappa shape index (κ3) is 3.53. The predicted octanol–water partition coefficient (Wildman–Crippen LogP) is 1.63. The summed E-state index contributed by atoms with van der Waals surface area (Å²) in [7, 11) is 3.56. The molecule has 0 aliphatic carbocycles. The summed E-state index contributed by atoms with van der Waals surface area (Å²) < 4.78 is 7.38. The molecule has 0 saturated carbocycles. The van der Waals surface area contributed by atoms with E-state index in [0.717, 1.165) is 42.8 Å². The molecule has 0 bridgehead atoms. The molecule has 2 aromatic heterocycles. The second-order valence-electron chi connectivity index (χ2n) is 7.14. The van der Waals surface area contributed by atoms with Gasteiger partial charge in [0.25, 0.3) is 0 Å². The van der Waals surface area contributed by atoms with E-state index in [4.69, 9.17) is 16.3 Å². The van der Waals surface area contributed by atoms with Crippen LogP contribution < -0.4 is 4.90 Å². The van der Waals surface area contributed by atoms with Crippen LogP contribution in [-0.4, -0.2) is 89.1 Å². The highest BCUT2D eigenvalue weighted by molar-refractivity contribution is 6.28. The lowest BCUT2D eigenvalue weighted by atomic mass is 10.1. The molecule has 2 aromatic rings. The Morgan fingerprint density at radius 1 is 1.19 bits per heavy atom. The second-order valence-corrected chi connectivity index (χ2v) is 7.48. The smallest absolute Gasteiger partial charge is 0.319 e. The zero-order valence-corrected chi connectivity index (χ0v) is 16.4. The molecule has 0 unspecified atom stereocenters. The van der Waals surface area contributed by atoms with Crippen molar-refractivity contribution in [3.05, 3.63) is 11.5 Å². The van der Waals surface area contributed by atoms with Gasteiger partial charge in [-0.1, -0.05) is 0 Å². The predicted molar refractivity (Wildman–Crippen MR) is 102 cm³/mol. The van der Waals surface area contributed by atoms with Crippen LogP contribution in [0.1, 0.15) is 18.9 Å². The maximum absolute atomic E-state index is 12.1. The van der Waals surface area contributed by atoms with Gasteiger partial charge in [0.05, 0.1) is 30.8 Å². The molecule has 146 valence electrons. The van der Waals surface area contributed by atoms with Gasteiger partial charge >= 0.3 is 6.03 Å². The summed E-state index contributed by atoms with van der Waals surface area (Å²) in [6.45, 7) is 4.32. The topological polar surface area (TPSA) is 79.6 Å². The number of carbonyl (C=O) groups is 1. The number of fused-ring (bicyclic) bond motifs is 1. The normalized spacial score (nSPS) is 18.9. The third-order valence-electron chi connectivity index (χ3n) is 5.18. The Kier molecular flexibility index (Phi) is 5.05. The second kappa shape index (κ2) is 7.47. The van der Waals surface area contributed by atoms with Crippen molar-refractivity contribution in [2.75, 3.05) is 58.4 Å². The monoisotopic (exact) mass is 393 g/mol. The summed E-state index contributed by atoms with van der Waals surface area (Å²) in [5.74, 6) is 0.819. The van der Waals surface area contributed by atoms with Gasteiger partial charge in [0, 0.05) is 40.3 Å². The van der Waals surface area contributed by atoms with Gasteiger partial charge < -0.3 is 19.4 Å². The zero-order chi connectivity index (χ0) is 19.0. The zero-order valence-electron chi connectivity index (χ0n) is 15.6. The van der Waals surface area contributed by atoms with E-state index < -0.39 is 0 Å². The molecule has 2 aliphatic rings. The van der Waals surface area contributed by atoms with Crippen molar-refractivity contribution in [3.8, 4) is 0 Å². The number of aromatic nitrogens is 4. The van der Waals surface area contributed by atoms with Gasteiger partial charge in [-0.15, -0.1) is 0 Å². The van der Waals surface area contributed by atoms with Crippen LogP contribution in [-0.2, 0) is 4.74 Å². The molecule has 2 fully saturated rings. The van der Waals surface area contributed by atoms with E-state index in [1.54, 1.807) is 19.0 Å². The highest BCUT2D eigenvalue weighted by atomic mass is 35.5. The van der Waals surface area contributed by atoms with Crippen molar-refractivity contribution in [2.24, 2.45) is 0 Å². The largest absolute Gasteiger partial charge is 0.378 e. The summed E-state index contributed by atoms with van der Waals surface area (Å²) in [6.07, 6.45) is 3.50. The maximum Gasteiger partial charge on any atom is 0.319 e. The lowest BCUT2D eigenvalue weighted by Gasteiger charge is -2.33. The minimum Gasteiger partial charge on any atom is -0.378 e. The van der Waals surface area contributed by atoms with Gasteiger partial charge in [-0.25, -0.2) is 9.48 Å². The molecule has 0 N–H and O–H groups in total. The molecule has 2 saturated heterocycles. The van der Waals surface area contributed by atoms with Crippen molar-refractivity contribution in [3.63, 3.8) is 0 Å². The number of rotatable bonds is 2. The van der Waals surface area contributed by atoms with E-state index >= 15 is 0 Å². The van der Waals surface area contributed by atoms with E-state index in [1.807, 2.05) is 15.8 Å². The van der Waals surface area contributed by atoms with Gasteiger partial charge in [-0.3, -0.25) is 0 Å². The van der Waals surface area contributed by atoms with Crippen molar-refractivity contribution in [1.82, 2.24) is 29.5 Å². The Hall–Kier alpha value is -2.13. The molecule has 4 rings (SSSR count). The van der Waals surface area contributed by atoms with Gasteiger partial charge in [0.2, 0.25) is 5.28 Å². The fourth-order valence-corrected chi connectivity index (χ4v) is 3.91. The van der Waals surface area contributed by atoms with Crippen molar-refractivity contribution >= 4 is 34.5 Å². The number of likely N-dealkylation sites (tertiary alicyclic amines) is 1. The van der Waals surface area contributed by atoms with Gasteiger partial charge in [0.15, 0.2) is 5.65 Å². The molecule has 4 heterocycles. The minimum absolute atomic E-state index is 0.0544. The number of ether oxygens (including phenoxy) is 1. The number of hydrogen-bond donors (Lipinski definition) is 0. The molecule has 2 aliphatic heterocycles. The summed E-state index contributed by atoms with van der Waals surface area (Å²) in [5.41, 5.74) is 0.758. The molecular formula is C17H24ClN7O2. The molecule has 27 heavy (non-hydrogen) atoms. The SMILES string of the molecule is CN(C)C(=O)N1CCC(n2ncc3c(N4CCOCC4)nc(Cl)nc32)CC1. The fraction of sp³-hybridized carbons (Fsp3) is 0.647. The van der Waals surface area contributed by atoms with E-state index in [-0.39, 0.29) is 17.4 Å². The molecule has 0 radical (unpaired) electrons. The standard InChI is InChI=1S/C17H24ClN7O2/c1-22(2)17(26)24-5-3-12(4-6-24)25-15-13(11-19-25)14(20-16(18)21-15)23-7-9-27-10-8-23/h11-12H,3-10H2,1-2H3. The van der Waals surface area contributed by atoms with Crippen LogP contribution in [0.4, 0.5) is 10.6 Å². The molecule has 0 aromatic carbocycles. The Balaban J connectivity index is 1.59. The van der Waals surface area contributed by atoms with E-state index in [1.165, 1.54) is 0 Å². The molecular weight excluding hydrogens is 370 g/mol. The molecule has 2 amide bonds. The van der Waals surface area contributed by atoms with E-state index in [2.05, 4.69) is 20.0 Å². The number of piperidine rings is 1. The Morgan fingerprint density at radius 2 is 1.89 bits per heavy atom. The Bertz CT molecular complexity index is 826. The van der Waals surface area contributed by atoms with E-state index in [0.29, 0.717) is 26.3 Å². The van der Waals surface area contributed by atoms with Crippen LogP contribution in [0.5, 0.6) is 0 Å². The fourth-order valence-electron chi connectivity index (χ4n) is 3.75. The Morgan fingerprint density at radius 3 is 2.56 bits per heavy atom. The number of halogens is 1. The Labute approximate surface area is 162 Å². The summed E-state index contributed by atoms with van der Waals surface area (Å²) in [4.78, 5) is 26.7. The average molecular weight is 394 g/mol. The van der Waals surface area contributed by atoms with Gasteiger partial charge in [0.1, 0.15) is 5.82 Å². The van der Waals surface area contributed by atoms with Crippen molar-refractivity contribution in [2.45, 2.75) is 18.9 Å². The first kappa shape index (κ1) is 18.2. The minimum atomic E-state index is 0.0544. The summed E-state index contributed by atoms with van der Waals surface area (Å²) in [6, 6.07) is 0.246. The number of carbonyl (C=O) groups excluding carboxylic acids is 1. The van der Waals surface area contributed by atoms with Crippen molar-refractivity contribution in [1.29, 1.82) is 0 Å². The average Bonchev–Trinajstić information content (AvgIpc) is 3.11. The van der Waals surface area contributed by atoms with Gasteiger partial charge in [-0.05, 0) is 24.4 Å². The van der Waals surface area contributed by atoms with Crippen LogP contribution in [0.15, 0.2) is 6.20 Å². The number of morpholine rings is 1. The highest BCUT2D eigenvalue weighted by Crippen LogP contribution is 2.30. The van der Waals surface area contributed by atoms with Crippen LogP contribution in [0.3, 0.4) is 0 Å². The number of nitrogens with zero attached hydrogens (tertiary/aromatic N) is 7. The number of urea groups is 1. The van der Waals surface area contributed by atoms with Crippen molar-refractivity contribution < 1.29 is 9.53 Å². The van der Waals surface area contributed by atoms with Gasteiger partial charge in [-0.2, -0.15) is 15.1 Å². The third-order valence-corrected chi connectivity index (χ3v) is 5.35. The molecule has 0 spiro atoms. The summed E-state index contributed by atoms with van der Waals surface area (Å²) >= 11 is 6.23. The molecule has 0 atom stereocenters. The number of hydrogen-bond acceptors (Lipinski definition) is 6. The number of amides is 2. The first-order chi connectivity index (χ1) is 13.0. The quantitative estimate of drug-likeness (QED) is 0.721.